The van der Waals surface area contributed by atoms with Crippen LogP contribution in [0.2, 0.25) is 5.02 Å². The predicted octanol–water partition coefficient (Wildman–Crippen LogP) is 5.10. The van der Waals surface area contributed by atoms with Gasteiger partial charge in [0.15, 0.2) is 0 Å². The molecule has 3 heteroatoms. The fourth-order valence-electron chi connectivity index (χ4n) is 3.12. The van der Waals surface area contributed by atoms with E-state index in [0.29, 0.717) is 5.02 Å². The summed E-state index contributed by atoms with van der Waals surface area (Å²) in [4.78, 5) is 0. The summed E-state index contributed by atoms with van der Waals surface area (Å²) in [5.41, 5.74) is 0.739. The van der Waals surface area contributed by atoms with E-state index in [0.717, 1.165) is 17.9 Å². The summed E-state index contributed by atoms with van der Waals surface area (Å²) in [6, 6.07) is 5.08. The summed E-state index contributed by atoms with van der Waals surface area (Å²) in [5, 5.41) is 3.70. The maximum Gasteiger partial charge on any atom is 0.129 e. The third kappa shape index (κ3) is 4.19. The lowest BCUT2D eigenvalue weighted by Crippen LogP contribution is -2.19. The zero-order valence-corrected chi connectivity index (χ0v) is 12.3. The molecule has 0 saturated heterocycles. The molecule has 1 N–H and O–H groups in total. The Morgan fingerprint density at radius 3 is 2.68 bits per heavy atom. The van der Waals surface area contributed by atoms with Crippen molar-refractivity contribution in [3.63, 3.8) is 0 Å². The van der Waals surface area contributed by atoms with Crippen LogP contribution in [0.3, 0.4) is 0 Å². The monoisotopic (exact) mass is 283 g/mol. The molecule has 1 aromatic rings. The Bertz CT molecular complexity index is 402. The van der Waals surface area contributed by atoms with Gasteiger partial charge in [-0.25, -0.2) is 4.39 Å². The molecule has 0 amide bonds. The van der Waals surface area contributed by atoms with E-state index in [2.05, 4.69) is 5.32 Å². The standard InChI is InChI=1S/C16H23ClFN/c1-19-16(10-7-12-5-3-2-4-6-12)14-9-8-13(17)11-15(14)18/h8-9,11-12,16,19H,2-7,10H2,1H3. The van der Waals surface area contributed by atoms with Gasteiger partial charge in [0.2, 0.25) is 0 Å². The highest BCUT2D eigenvalue weighted by Gasteiger charge is 2.18. The molecule has 1 atom stereocenters. The summed E-state index contributed by atoms with van der Waals surface area (Å²) in [7, 11) is 1.90. The molecule has 1 aliphatic rings. The van der Waals surface area contributed by atoms with E-state index in [1.165, 1.54) is 44.6 Å². The minimum atomic E-state index is -0.199. The smallest absolute Gasteiger partial charge is 0.129 e. The normalized spacial score (nSPS) is 18.5. The molecular weight excluding hydrogens is 261 g/mol. The van der Waals surface area contributed by atoms with Crippen LogP contribution >= 0.6 is 11.6 Å². The fraction of sp³-hybridized carbons (Fsp3) is 0.625. The molecular formula is C16H23ClFN. The molecule has 2 rings (SSSR count). The first-order valence-electron chi connectivity index (χ1n) is 7.33. The molecule has 106 valence electrons. The first-order valence-corrected chi connectivity index (χ1v) is 7.70. The van der Waals surface area contributed by atoms with Crippen molar-refractivity contribution in [1.29, 1.82) is 0 Å². The fourth-order valence-corrected chi connectivity index (χ4v) is 3.28. The molecule has 0 aliphatic heterocycles. The molecule has 0 aromatic heterocycles. The lowest BCUT2D eigenvalue weighted by Gasteiger charge is -2.24. The average Bonchev–Trinajstić information content (AvgIpc) is 2.42. The van der Waals surface area contributed by atoms with Crippen LogP contribution in [0.5, 0.6) is 0 Å². The zero-order valence-electron chi connectivity index (χ0n) is 11.6. The third-order valence-electron chi connectivity index (χ3n) is 4.27. The van der Waals surface area contributed by atoms with Crippen LogP contribution in [0.4, 0.5) is 4.39 Å². The second kappa shape index (κ2) is 7.25. The quantitative estimate of drug-likeness (QED) is 0.793. The van der Waals surface area contributed by atoms with Gasteiger partial charge in [-0.2, -0.15) is 0 Å². The molecule has 0 bridgehead atoms. The minimum absolute atomic E-state index is 0.0965. The van der Waals surface area contributed by atoms with E-state index in [9.17, 15) is 4.39 Å². The van der Waals surface area contributed by atoms with Gasteiger partial charge in [0.25, 0.3) is 0 Å². The molecule has 0 heterocycles. The van der Waals surface area contributed by atoms with E-state index < -0.39 is 0 Å². The van der Waals surface area contributed by atoms with Crippen molar-refractivity contribution >= 4 is 11.6 Å². The lowest BCUT2D eigenvalue weighted by atomic mass is 9.84. The van der Waals surface area contributed by atoms with E-state index in [4.69, 9.17) is 11.6 Å². The van der Waals surface area contributed by atoms with E-state index >= 15 is 0 Å². The molecule has 1 nitrogen and oxygen atoms in total. The topological polar surface area (TPSA) is 12.0 Å². The second-order valence-electron chi connectivity index (χ2n) is 5.59. The van der Waals surface area contributed by atoms with Gasteiger partial charge in [0, 0.05) is 16.6 Å². The zero-order chi connectivity index (χ0) is 13.7. The van der Waals surface area contributed by atoms with Gasteiger partial charge >= 0.3 is 0 Å². The van der Waals surface area contributed by atoms with Crippen molar-refractivity contribution < 1.29 is 4.39 Å². The molecule has 1 fully saturated rings. The summed E-state index contributed by atoms with van der Waals surface area (Å²) < 4.78 is 13.9. The van der Waals surface area contributed by atoms with Gasteiger partial charge in [-0.05, 0) is 37.9 Å². The summed E-state index contributed by atoms with van der Waals surface area (Å²) in [6.45, 7) is 0. The number of halogens is 2. The Hall–Kier alpha value is -0.600. The number of rotatable bonds is 5. The minimum Gasteiger partial charge on any atom is -0.313 e. The van der Waals surface area contributed by atoms with E-state index in [-0.39, 0.29) is 11.9 Å². The number of hydrogen-bond donors (Lipinski definition) is 1. The van der Waals surface area contributed by atoms with Crippen molar-refractivity contribution in [2.24, 2.45) is 5.92 Å². The van der Waals surface area contributed by atoms with Crippen LogP contribution in [0.25, 0.3) is 0 Å². The first kappa shape index (κ1) is 14.8. The molecule has 1 saturated carbocycles. The van der Waals surface area contributed by atoms with Crippen LogP contribution in [-0.4, -0.2) is 7.05 Å². The Morgan fingerprint density at radius 1 is 1.32 bits per heavy atom. The highest BCUT2D eigenvalue weighted by Crippen LogP contribution is 2.31. The number of nitrogens with one attached hydrogen (secondary N) is 1. The Balaban J connectivity index is 1.95. The van der Waals surface area contributed by atoms with Gasteiger partial charge in [-0.3, -0.25) is 0 Å². The maximum atomic E-state index is 13.9. The van der Waals surface area contributed by atoms with Crippen LogP contribution in [0, 0.1) is 11.7 Å². The number of hydrogen-bond acceptors (Lipinski definition) is 1. The van der Waals surface area contributed by atoms with Gasteiger partial charge in [0.05, 0.1) is 0 Å². The predicted molar refractivity (Wildman–Crippen MR) is 79.0 cm³/mol. The van der Waals surface area contributed by atoms with Crippen molar-refractivity contribution in [2.75, 3.05) is 7.05 Å². The van der Waals surface area contributed by atoms with Crippen molar-refractivity contribution in [3.8, 4) is 0 Å². The van der Waals surface area contributed by atoms with Gasteiger partial charge < -0.3 is 5.32 Å². The lowest BCUT2D eigenvalue weighted by molar-refractivity contribution is 0.316. The third-order valence-corrected chi connectivity index (χ3v) is 4.51. The average molecular weight is 284 g/mol. The van der Waals surface area contributed by atoms with Crippen LogP contribution < -0.4 is 5.32 Å². The Labute approximate surface area is 120 Å². The molecule has 19 heavy (non-hydrogen) atoms. The van der Waals surface area contributed by atoms with E-state index in [1.807, 2.05) is 7.05 Å². The van der Waals surface area contributed by atoms with E-state index in [1.54, 1.807) is 12.1 Å². The van der Waals surface area contributed by atoms with Crippen molar-refractivity contribution in [3.05, 3.63) is 34.6 Å². The molecule has 1 unspecified atom stereocenters. The van der Waals surface area contributed by atoms with Crippen LogP contribution in [0.1, 0.15) is 56.6 Å². The summed E-state index contributed by atoms with van der Waals surface area (Å²) in [6.07, 6.45) is 9.00. The molecule has 1 aliphatic carbocycles. The Kier molecular flexibility index (Phi) is 5.65. The first-order chi connectivity index (χ1) is 9.20. The summed E-state index contributed by atoms with van der Waals surface area (Å²) >= 11 is 5.80. The van der Waals surface area contributed by atoms with Crippen LogP contribution in [-0.2, 0) is 0 Å². The summed E-state index contributed by atoms with van der Waals surface area (Å²) in [5.74, 6) is 0.635. The van der Waals surface area contributed by atoms with Crippen molar-refractivity contribution in [2.45, 2.75) is 51.0 Å². The van der Waals surface area contributed by atoms with Gasteiger partial charge in [0.1, 0.15) is 5.82 Å². The molecule has 0 radical (unpaired) electrons. The van der Waals surface area contributed by atoms with Crippen molar-refractivity contribution in [1.82, 2.24) is 5.32 Å². The highest BCUT2D eigenvalue weighted by molar-refractivity contribution is 6.30. The highest BCUT2D eigenvalue weighted by atomic mass is 35.5. The Morgan fingerprint density at radius 2 is 2.05 bits per heavy atom. The SMILES string of the molecule is CNC(CCC1CCCCC1)c1ccc(Cl)cc1F. The largest absolute Gasteiger partial charge is 0.313 e. The molecule has 0 spiro atoms. The second-order valence-corrected chi connectivity index (χ2v) is 6.02. The molecule has 1 aromatic carbocycles. The van der Waals surface area contributed by atoms with Gasteiger partial charge in [-0.15, -0.1) is 0 Å². The van der Waals surface area contributed by atoms with Crippen LogP contribution in [0.15, 0.2) is 18.2 Å². The maximum absolute atomic E-state index is 13.9. The number of benzene rings is 1. The van der Waals surface area contributed by atoms with Gasteiger partial charge in [-0.1, -0.05) is 49.8 Å².